The van der Waals surface area contributed by atoms with Gasteiger partial charge in [-0.2, -0.15) is 0 Å². The van der Waals surface area contributed by atoms with Gasteiger partial charge in [0.25, 0.3) is 0 Å². The summed E-state index contributed by atoms with van der Waals surface area (Å²) in [6.45, 7) is 9.18. The summed E-state index contributed by atoms with van der Waals surface area (Å²) in [4.78, 5) is 0. The summed E-state index contributed by atoms with van der Waals surface area (Å²) in [6, 6.07) is 10.6. The second-order valence-electron chi connectivity index (χ2n) is 6.11. The van der Waals surface area contributed by atoms with Gasteiger partial charge in [-0.15, -0.1) is 0 Å². The van der Waals surface area contributed by atoms with Crippen molar-refractivity contribution < 1.29 is 0 Å². The maximum absolute atomic E-state index is 3.78. The highest BCUT2D eigenvalue weighted by Crippen LogP contribution is 2.31. The van der Waals surface area contributed by atoms with Gasteiger partial charge in [-0.05, 0) is 54.7 Å². The molecule has 0 saturated carbocycles. The molecule has 0 heterocycles. The van der Waals surface area contributed by atoms with Crippen LogP contribution in [0.2, 0.25) is 0 Å². The van der Waals surface area contributed by atoms with Crippen LogP contribution in [0.25, 0.3) is 0 Å². The number of hydrogen-bond donors (Lipinski definition) is 0. The van der Waals surface area contributed by atoms with Crippen LogP contribution in [0.1, 0.15) is 102 Å². The zero-order valence-corrected chi connectivity index (χ0v) is 14.0. The molecule has 0 heteroatoms. The fourth-order valence-electron chi connectivity index (χ4n) is 3.29. The highest BCUT2D eigenvalue weighted by Gasteiger charge is 2.14. The normalized spacial score (nSPS) is 11.5. The average molecular weight is 273 g/mol. The van der Waals surface area contributed by atoms with Gasteiger partial charge in [-0.25, -0.2) is 0 Å². The molecule has 0 fully saturated rings. The van der Waals surface area contributed by atoms with E-state index in [2.05, 4.69) is 52.0 Å². The Kier molecular flexibility index (Phi) is 8.65. The summed E-state index contributed by atoms with van der Waals surface area (Å²) in [7, 11) is 0. The van der Waals surface area contributed by atoms with E-state index in [9.17, 15) is 0 Å². The fraction of sp³-hybridized carbons (Fsp3) is 0.700. The Bertz CT molecular complexity index is 310. The molecule has 1 aromatic carbocycles. The van der Waals surface area contributed by atoms with Gasteiger partial charge in [-0.1, -0.05) is 71.6 Å². The van der Waals surface area contributed by atoms with Crippen LogP contribution in [0.4, 0.5) is 0 Å². The van der Waals surface area contributed by atoms with Gasteiger partial charge in [-0.3, -0.25) is 0 Å². The molecule has 0 aromatic heterocycles. The summed E-state index contributed by atoms with van der Waals surface area (Å²) in [5.41, 5.74) is 2.92. The minimum absolute atomic E-state index is 0.717. The topological polar surface area (TPSA) is 0 Å². The van der Waals surface area contributed by atoms with E-state index in [4.69, 9.17) is 0 Å². The Balaban J connectivity index is 2.90. The van der Waals surface area contributed by atoms with E-state index >= 15 is 0 Å². The average Bonchev–Trinajstić information content (AvgIpc) is 2.47. The molecule has 20 heavy (non-hydrogen) atoms. The highest BCUT2D eigenvalue weighted by atomic mass is 14.2. The molecule has 0 aliphatic carbocycles. The molecule has 0 N–H and O–H groups in total. The molecule has 0 aliphatic rings. The van der Waals surface area contributed by atoms with Crippen molar-refractivity contribution >= 4 is 0 Å². The SMILES string of the molecule is CCCC(CCC)c1[c]c(C(CCC)CCC)ccc1. The fourth-order valence-corrected chi connectivity index (χ4v) is 3.29. The molecule has 0 aliphatic heterocycles. The minimum Gasteiger partial charge on any atom is -0.0654 e. The Hall–Kier alpha value is -0.780. The van der Waals surface area contributed by atoms with Gasteiger partial charge >= 0.3 is 0 Å². The lowest BCUT2D eigenvalue weighted by atomic mass is 9.85. The van der Waals surface area contributed by atoms with E-state index in [0.717, 1.165) is 0 Å². The first-order valence-corrected chi connectivity index (χ1v) is 8.78. The van der Waals surface area contributed by atoms with Crippen molar-refractivity contribution in [1.29, 1.82) is 0 Å². The molecular weight excluding hydrogens is 240 g/mol. The first kappa shape index (κ1) is 17.3. The second-order valence-corrected chi connectivity index (χ2v) is 6.11. The van der Waals surface area contributed by atoms with Crippen LogP contribution in [-0.4, -0.2) is 0 Å². The molecule has 0 amide bonds. The number of rotatable bonds is 10. The summed E-state index contributed by atoms with van der Waals surface area (Å²) in [6.07, 6.45) is 10.3. The maximum Gasteiger partial charge on any atom is -0.0108 e. The molecule has 113 valence electrons. The van der Waals surface area contributed by atoms with Crippen LogP contribution < -0.4 is 0 Å². The zero-order chi connectivity index (χ0) is 14.8. The van der Waals surface area contributed by atoms with Crippen molar-refractivity contribution in [2.45, 2.75) is 90.9 Å². The van der Waals surface area contributed by atoms with Crippen molar-refractivity contribution in [3.05, 3.63) is 35.4 Å². The van der Waals surface area contributed by atoms with E-state index in [1.165, 1.54) is 62.5 Å². The number of hydrogen-bond acceptors (Lipinski definition) is 0. The third kappa shape index (κ3) is 5.31. The third-order valence-corrected chi connectivity index (χ3v) is 4.27. The zero-order valence-electron chi connectivity index (χ0n) is 14.0. The van der Waals surface area contributed by atoms with Gasteiger partial charge in [0.1, 0.15) is 0 Å². The molecule has 0 nitrogen and oxygen atoms in total. The molecule has 1 aromatic rings. The van der Waals surface area contributed by atoms with Crippen LogP contribution in [0.5, 0.6) is 0 Å². The largest absolute Gasteiger partial charge is 0.0654 e. The molecule has 0 unspecified atom stereocenters. The lowest BCUT2D eigenvalue weighted by Gasteiger charge is -2.20. The second kappa shape index (κ2) is 10.0. The van der Waals surface area contributed by atoms with Crippen LogP contribution in [0.3, 0.4) is 0 Å². The van der Waals surface area contributed by atoms with Crippen molar-refractivity contribution in [3.63, 3.8) is 0 Å². The van der Waals surface area contributed by atoms with Crippen LogP contribution in [0, 0.1) is 6.07 Å². The summed E-state index contributed by atoms with van der Waals surface area (Å²) >= 11 is 0. The predicted octanol–water partition coefficient (Wildman–Crippen LogP) is 6.85. The van der Waals surface area contributed by atoms with E-state index in [0.29, 0.717) is 11.8 Å². The molecule has 0 bridgehead atoms. The van der Waals surface area contributed by atoms with Gasteiger partial charge in [0.2, 0.25) is 0 Å². The van der Waals surface area contributed by atoms with Gasteiger partial charge in [0.05, 0.1) is 0 Å². The van der Waals surface area contributed by atoms with Crippen LogP contribution in [0.15, 0.2) is 18.2 Å². The van der Waals surface area contributed by atoms with Gasteiger partial charge < -0.3 is 0 Å². The summed E-state index contributed by atoms with van der Waals surface area (Å²) in [5, 5.41) is 0. The Morgan fingerprint density at radius 2 is 1.05 bits per heavy atom. The van der Waals surface area contributed by atoms with Crippen molar-refractivity contribution in [1.82, 2.24) is 0 Å². The molecule has 0 atom stereocenters. The molecule has 0 spiro atoms. The van der Waals surface area contributed by atoms with Crippen LogP contribution >= 0.6 is 0 Å². The standard InChI is InChI=1S/C20H33/c1-5-10-17(11-6-2)19-14-9-15-20(16-19)18(12-7-3)13-8-4/h9,14-15,17-18H,5-8,10-13H2,1-4H3. The molecule has 1 rings (SSSR count). The third-order valence-electron chi connectivity index (χ3n) is 4.27. The molecular formula is C20H33. The first-order valence-electron chi connectivity index (χ1n) is 8.78. The van der Waals surface area contributed by atoms with E-state index in [1.807, 2.05) is 0 Å². The lowest BCUT2D eigenvalue weighted by Crippen LogP contribution is -2.03. The first-order chi connectivity index (χ1) is 9.76. The maximum atomic E-state index is 3.78. The predicted molar refractivity (Wildman–Crippen MR) is 90.4 cm³/mol. The summed E-state index contributed by atoms with van der Waals surface area (Å²) < 4.78 is 0. The van der Waals surface area contributed by atoms with Gasteiger partial charge in [0.15, 0.2) is 0 Å². The van der Waals surface area contributed by atoms with E-state index < -0.39 is 0 Å². The van der Waals surface area contributed by atoms with Crippen LogP contribution in [-0.2, 0) is 0 Å². The number of benzene rings is 1. The quantitative estimate of drug-likeness (QED) is 0.437. The Labute approximate surface area is 127 Å². The van der Waals surface area contributed by atoms with Crippen molar-refractivity contribution in [2.24, 2.45) is 0 Å². The monoisotopic (exact) mass is 273 g/mol. The summed E-state index contributed by atoms with van der Waals surface area (Å²) in [5.74, 6) is 1.43. The van der Waals surface area contributed by atoms with Gasteiger partial charge in [0, 0.05) is 0 Å². The lowest BCUT2D eigenvalue weighted by molar-refractivity contribution is 0.546. The Morgan fingerprint density at radius 1 is 0.700 bits per heavy atom. The molecule has 0 saturated heterocycles. The van der Waals surface area contributed by atoms with E-state index in [1.54, 1.807) is 0 Å². The van der Waals surface area contributed by atoms with E-state index in [-0.39, 0.29) is 0 Å². The molecule has 1 radical (unpaired) electrons. The smallest absolute Gasteiger partial charge is 0.0108 e. The van der Waals surface area contributed by atoms with Crippen molar-refractivity contribution in [2.75, 3.05) is 0 Å². The van der Waals surface area contributed by atoms with Crippen molar-refractivity contribution in [3.8, 4) is 0 Å². The minimum atomic E-state index is 0.717. The Morgan fingerprint density at radius 3 is 1.35 bits per heavy atom. The highest BCUT2D eigenvalue weighted by molar-refractivity contribution is 5.27.